The Morgan fingerprint density at radius 2 is 2.44 bits per heavy atom. The van der Waals surface area contributed by atoms with Gasteiger partial charge in [-0.3, -0.25) is 9.69 Å². The number of nitrogens with zero attached hydrogens (tertiary/aromatic N) is 2. The monoisotopic (exact) mass is 261 g/mol. The molecule has 0 saturated carbocycles. The highest BCUT2D eigenvalue weighted by atomic mass is 32.1. The van der Waals surface area contributed by atoms with E-state index in [4.69, 9.17) is 0 Å². The summed E-state index contributed by atoms with van der Waals surface area (Å²) in [6, 6.07) is 3.95. The van der Waals surface area contributed by atoms with Gasteiger partial charge in [-0.2, -0.15) is 0 Å². The van der Waals surface area contributed by atoms with Gasteiger partial charge in [0.2, 0.25) is 0 Å². The molecule has 0 saturated heterocycles. The third-order valence-corrected chi connectivity index (χ3v) is 4.23. The first kappa shape index (κ1) is 11.6. The maximum absolute atomic E-state index is 12.1. The summed E-state index contributed by atoms with van der Waals surface area (Å²) in [5, 5.41) is 1.99. The van der Waals surface area contributed by atoms with Crippen molar-refractivity contribution in [3.63, 3.8) is 0 Å². The first-order chi connectivity index (χ1) is 8.78. The molecule has 3 rings (SSSR count). The number of likely N-dealkylation sites (N-methyl/N-ethyl adjacent to an activating group) is 1. The molecule has 5 heteroatoms. The Kier molecular flexibility index (Phi) is 3.01. The number of fused-ring (bicyclic) bond motifs is 1. The lowest BCUT2D eigenvalue weighted by Gasteiger charge is -2.26. The molecule has 3 heterocycles. The first-order valence-corrected chi connectivity index (χ1v) is 7.04. The van der Waals surface area contributed by atoms with Crippen LogP contribution in [-0.4, -0.2) is 28.0 Å². The molecular weight excluding hydrogens is 246 g/mol. The van der Waals surface area contributed by atoms with Gasteiger partial charge >= 0.3 is 0 Å². The summed E-state index contributed by atoms with van der Waals surface area (Å²) >= 11 is 1.60. The van der Waals surface area contributed by atoms with Crippen LogP contribution in [-0.2, 0) is 13.0 Å². The topological polar surface area (TPSA) is 49.0 Å². The van der Waals surface area contributed by atoms with E-state index < -0.39 is 0 Å². The van der Waals surface area contributed by atoms with Crippen molar-refractivity contribution in [1.82, 2.24) is 14.9 Å². The molecule has 4 nitrogen and oxygen atoms in total. The van der Waals surface area contributed by atoms with Gasteiger partial charge in [0, 0.05) is 18.7 Å². The van der Waals surface area contributed by atoms with Gasteiger partial charge in [-0.1, -0.05) is 13.0 Å². The second-order valence-corrected chi connectivity index (χ2v) is 5.38. The lowest BCUT2D eigenvalue weighted by atomic mass is 10.1. The number of aromatic nitrogens is 2. The number of rotatable bonds is 2. The van der Waals surface area contributed by atoms with E-state index in [1.807, 2.05) is 17.5 Å². The molecule has 1 N–H and O–H groups in total. The molecule has 0 amide bonds. The predicted molar refractivity (Wildman–Crippen MR) is 72.8 cm³/mol. The fourth-order valence-corrected chi connectivity index (χ4v) is 2.96. The second-order valence-electron chi connectivity index (χ2n) is 4.44. The third-order valence-electron chi connectivity index (χ3n) is 3.35. The SMILES string of the molecule is CCN1CCc2c(nc(-c3cccs3)[nH]c2=O)C1. The molecule has 1 aliphatic heterocycles. The molecule has 0 spiro atoms. The quantitative estimate of drug-likeness (QED) is 0.898. The highest BCUT2D eigenvalue weighted by Gasteiger charge is 2.20. The largest absolute Gasteiger partial charge is 0.306 e. The zero-order valence-corrected chi connectivity index (χ0v) is 11.1. The number of aromatic amines is 1. The standard InChI is InChI=1S/C13H15N3OS/c1-2-16-6-5-9-10(8-16)14-12(15-13(9)17)11-4-3-7-18-11/h3-4,7H,2,5-6,8H2,1H3,(H,14,15,17). The van der Waals surface area contributed by atoms with Crippen molar-refractivity contribution in [3.05, 3.63) is 39.1 Å². The number of thiophene rings is 1. The Morgan fingerprint density at radius 1 is 1.56 bits per heavy atom. The predicted octanol–water partition coefficient (Wildman–Crippen LogP) is 1.88. The average Bonchev–Trinajstić information content (AvgIpc) is 2.91. The average molecular weight is 261 g/mol. The van der Waals surface area contributed by atoms with E-state index in [9.17, 15) is 4.79 Å². The van der Waals surface area contributed by atoms with Gasteiger partial charge in [-0.05, 0) is 24.4 Å². The van der Waals surface area contributed by atoms with Crippen LogP contribution in [0.1, 0.15) is 18.2 Å². The fraction of sp³-hybridized carbons (Fsp3) is 0.385. The fourth-order valence-electron chi connectivity index (χ4n) is 2.29. The van der Waals surface area contributed by atoms with Crippen molar-refractivity contribution in [1.29, 1.82) is 0 Å². The van der Waals surface area contributed by atoms with E-state index in [-0.39, 0.29) is 5.56 Å². The normalized spacial score (nSPS) is 15.6. The minimum absolute atomic E-state index is 0.0270. The van der Waals surface area contributed by atoms with Crippen LogP contribution in [0.4, 0.5) is 0 Å². The van der Waals surface area contributed by atoms with Gasteiger partial charge in [-0.25, -0.2) is 4.98 Å². The van der Waals surface area contributed by atoms with Gasteiger partial charge in [0.15, 0.2) is 5.82 Å². The van der Waals surface area contributed by atoms with Gasteiger partial charge in [-0.15, -0.1) is 11.3 Å². The van der Waals surface area contributed by atoms with E-state index in [1.54, 1.807) is 11.3 Å². The Labute approximate surface area is 109 Å². The van der Waals surface area contributed by atoms with Crippen LogP contribution in [0.25, 0.3) is 10.7 Å². The minimum atomic E-state index is 0.0270. The Hall–Kier alpha value is -1.46. The summed E-state index contributed by atoms with van der Waals surface area (Å²) in [5.41, 5.74) is 1.83. The summed E-state index contributed by atoms with van der Waals surface area (Å²) in [7, 11) is 0. The maximum atomic E-state index is 12.1. The molecule has 94 valence electrons. The van der Waals surface area contributed by atoms with Crippen LogP contribution in [0.2, 0.25) is 0 Å². The van der Waals surface area contributed by atoms with Crippen molar-refractivity contribution in [2.75, 3.05) is 13.1 Å². The van der Waals surface area contributed by atoms with E-state index in [1.165, 1.54) is 0 Å². The summed E-state index contributed by atoms with van der Waals surface area (Å²) in [4.78, 5) is 22.9. The van der Waals surface area contributed by atoms with Gasteiger partial charge in [0.05, 0.1) is 10.6 Å². The van der Waals surface area contributed by atoms with Crippen molar-refractivity contribution in [2.45, 2.75) is 19.9 Å². The van der Waals surface area contributed by atoms with Crippen molar-refractivity contribution >= 4 is 11.3 Å². The van der Waals surface area contributed by atoms with Crippen molar-refractivity contribution in [2.24, 2.45) is 0 Å². The van der Waals surface area contributed by atoms with E-state index in [0.717, 1.165) is 42.2 Å². The number of hydrogen-bond acceptors (Lipinski definition) is 4. The van der Waals surface area contributed by atoms with Crippen molar-refractivity contribution in [3.8, 4) is 10.7 Å². The molecule has 0 bridgehead atoms. The second kappa shape index (κ2) is 4.66. The number of hydrogen-bond donors (Lipinski definition) is 1. The third kappa shape index (κ3) is 2.00. The molecule has 0 radical (unpaired) electrons. The Balaban J connectivity index is 2.06. The van der Waals surface area contributed by atoms with E-state index in [2.05, 4.69) is 21.8 Å². The molecular formula is C13H15N3OS. The van der Waals surface area contributed by atoms with Gasteiger partial charge in [0.1, 0.15) is 0 Å². The van der Waals surface area contributed by atoms with Crippen molar-refractivity contribution < 1.29 is 0 Å². The van der Waals surface area contributed by atoms with Crippen LogP contribution in [0.3, 0.4) is 0 Å². The zero-order valence-electron chi connectivity index (χ0n) is 10.3. The van der Waals surface area contributed by atoms with Gasteiger partial charge < -0.3 is 4.98 Å². The maximum Gasteiger partial charge on any atom is 0.254 e. The number of H-pyrrole nitrogens is 1. The molecule has 2 aromatic rings. The lowest BCUT2D eigenvalue weighted by molar-refractivity contribution is 0.262. The highest BCUT2D eigenvalue weighted by Crippen LogP contribution is 2.22. The van der Waals surface area contributed by atoms with E-state index >= 15 is 0 Å². The van der Waals surface area contributed by atoms with Crippen LogP contribution in [0.5, 0.6) is 0 Å². The molecule has 18 heavy (non-hydrogen) atoms. The Morgan fingerprint density at radius 3 is 3.17 bits per heavy atom. The molecule has 0 unspecified atom stereocenters. The summed E-state index contributed by atoms with van der Waals surface area (Å²) in [6.07, 6.45) is 0.802. The summed E-state index contributed by atoms with van der Waals surface area (Å²) < 4.78 is 0. The van der Waals surface area contributed by atoms with Crippen LogP contribution in [0, 0.1) is 0 Å². The lowest BCUT2D eigenvalue weighted by Crippen LogP contribution is -2.35. The number of nitrogens with one attached hydrogen (secondary N) is 1. The van der Waals surface area contributed by atoms with E-state index in [0.29, 0.717) is 5.82 Å². The molecule has 2 aromatic heterocycles. The molecule has 1 aliphatic rings. The summed E-state index contributed by atoms with van der Waals surface area (Å²) in [5.74, 6) is 0.701. The van der Waals surface area contributed by atoms with Gasteiger partial charge in [0.25, 0.3) is 5.56 Å². The van der Waals surface area contributed by atoms with Crippen LogP contribution >= 0.6 is 11.3 Å². The van der Waals surface area contributed by atoms with Crippen LogP contribution in [0.15, 0.2) is 22.3 Å². The zero-order chi connectivity index (χ0) is 12.5. The first-order valence-electron chi connectivity index (χ1n) is 6.16. The minimum Gasteiger partial charge on any atom is -0.306 e. The smallest absolute Gasteiger partial charge is 0.254 e. The molecule has 0 fully saturated rings. The molecule has 0 aliphatic carbocycles. The summed E-state index contributed by atoms with van der Waals surface area (Å²) in [6.45, 7) is 4.88. The Bertz CT molecular complexity index is 603. The molecule has 0 atom stereocenters. The highest BCUT2D eigenvalue weighted by molar-refractivity contribution is 7.13. The van der Waals surface area contributed by atoms with Crippen LogP contribution < -0.4 is 5.56 Å². The molecule has 0 aromatic carbocycles.